The number of aromatic nitrogens is 1. The first-order chi connectivity index (χ1) is 9.60. The molecule has 2 aromatic rings. The van der Waals surface area contributed by atoms with Crippen LogP contribution < -0.4 is 4.74 Å². The van der Waals surface area contributed by atoms with Crippen molar-refractivity contribution in [3.05, 3.63) is 62.4 Å². The Balaban J connectivity index is 2.17. The molecule has 102 valence electrons. The molecule has 1 heterocycles. The second-order valence-electron chi connectivity index (χ2n) is 3.90. The van der Waals surface area contributed by atoms with E-state index in [9.17, 15) is 14.9 Å². The van der Waals surface area contributed by atoms with Crippen LogP contribution in [0.3, 0.4) is 0 Å². The Kier molecular flexibility index (Phi) is 4.41. The van der Waals surface area contributed by atoms with Crippen molar-refractivity contribution in [1.82, 2.24) is 4.98 Å². The van der Waals surface area contributed by atoms with Crippen LogP contribution in [-0.4, -0.2) is 16.2 Å². The molecule has 0 bridgehead atoms. The number of ether oxygens (including phenoxy) is 1. The molecule has 0 aliphatic carbocycles. The number of nitrogens with zero attached hydrogens (tertiary/aromatic N) is 2. The number of aldehydes is 1. The van der Waals surface area contributed by atoms with Gasteiger partial charge in [-0.2, -0.15) is 0 Å². The summed E-state index contributed by atoms with van der Waals surface area (Å²) in [5.41, 5.74) is 0.806. The highest BCUT2D eigenvalue weighted by Gasteiger charge is 2.11. The standard InChI is InChI=1S/C13H9BrN2O4/c14-11-3-9(5-15-6-11)8-20-13-2-1-12(16(18)19)4-10(13)7-17/h1-7H,8H2. The van der Waals surface area contributed by atoms with Gasteiger partial charge in [0.2, 0.25) is 0 Å². The normalized spacial score (nSPS) is 10.1. The summed E-state index contributed by atoms with van der Waals surface area (Å²) in [6.45, 7) is 0.213. The average Bonchev–Trinajstić information content (AvgIpc) is 2.45. The van der Waals surface area contributed by atoms with E-state index < -0.39 is 4.92 Å². The van der Waals surface area contributed by atoms with Gasteiger partial charge in [-0.15, -0.1) is 0 Å². The summed E-state index contributed by atoms with van der Waals surface area (Å²) in [7, 11) is 0. The van der Waals surface area contributed by atoms with Crippen molar-refractivity contribution >= 4 is 27.9 Å². The third kappa shape index (κ3) is 3.39. The Hall–Kier alpha value is -2.28. The number of rotatable bonds is 5. The van der Waals surface area contributed by atoms with Crippen molar-refractivity contribution in [2.75, 3.05) is 0 Å². The maximum absolute atomic E-state index is 10.9. The summed E-state index contributed by atoms with van der Waals surface area (Å²) in [6.07, 6.45) is 3.81. The number of nitro groups is 1. The summed E-state index contributed by atoms with van der Waals surface area (Å²) >= 11 is 3.29. The van der Waals surface area contributed by atoms with Gasteiger partial charge in [-0.25, -0.2) is 0 Å². The fourth-order valence-electron chi connectivity index (χ4n) is 1.57. The molecule has 1 aromatic carbocycles. The van der Waals surface area contributed by atoms with Crippen molar-refractivity contribution in [2.24, 2.45) is 0 Å². The number of halogens is 1. The molecule has 0 spiro atoms. The molecule has 7 heteroatoms. The number of hydrogen-bond acceptors (Lipinski definition) is 5. The molecule has 0 unspecified atom stereocenters. The minimum absolute atomic E-state index is 0.141. The molecule has 0 amide bonds. The number of non-ortho nitro benzene ring substituents is 1. The molecule has 0 N–H and O–H groups in total. The Morgan fingerprint density at radius 3 is 2.80 bits per heavy atom. The Morgan fingerprint density at radius 1 is 1.35 bits per heavy atom. The topological polar surface area (TPSA) is 82.3 Å². The van der Waals surface area contributed by atoms with Gasteiger partial charge >= 0.3 is 0 Å². The highest BCUT2D eigenvalue weighted by Crippen LogP contribution is 2.23. The van der Waals surface area contributed by atoms with Crippen LogP contribution in [0, 0.1) is 10.1 Å². The van der Waals surface area contributed by atoms with Crippen LogP contribution in [0.5, 0.6) is 5.75 Å². The smallest absolute Gasteiger partial charge is 0.270 e. The van der Waals surface area contributed by atoms with Gasteiger partial charge in [0.05, 0.1) is 10.5 Å². The summed E-state index contributed by atoms with van der Waals surface area (Å²) in [6, 6.07) is 5.72. The van der Waals surface area contributed by atoms with E-state index in [1.165, 1.54) is 18.2 Å². The molecule has 0 aliphatic heterocycles. The summed E-state index contributed by atoms with van der Waals surface area (Å²) in [5.74, 6) is 0.297. The Morgan fingerprint density at radius 2 is 2.15 bits per heavy atom. The number of carbonyl (C=O) groups excluding carboxylic acids is 1. The predicted octanol–water partition coefficient (Wildman–Crippen LogP) is 3.14. The maximum atomic E-state index is 10.9. The zero-order chi connectivity index (χ0) is 14.5. The quantitative estimate of drug-likeness (QED) is 0.475. The first-order valence-electron chi connectivity index (χ1n) is 5.56. The fourth-order valence-corrected chi connectivity index (χ4v) is 1.98. The highest BCUT2D eigenvalue weighted by atomic mass is 79.9. The molecular weight excluding hydrogens is 328 g/mol. The highest BCUT2D eigenvalue weighted by molar-refractivity contribution is 9.10. The van der Waals surface area contributed by atoms with Crippen molar-refractivity contribution in [2.45, 2.75) is 6.61 Å². The van der Waals surface area contributed by atoms with Gasteiger partial charge in [-0.05, 0) is 28.1 Å². The van der Waals surface area contributed by atoms with Crippen molar-refractivity contribution in [3.63, 3.8) is 0 Å². The minimum atomic E-state index is -0.561. The van der Waals surface area contributed by atoms with Gasteiger partial charge in [0.1, 0.15) is 12.4 Å². The van der Waals surface area contributed by atoms with Gasteiger partial charge in [-0.3, -0.25) is 19.9 Å². The van der Waals surface area contributed by atoms with Crippen LogP contribution in [0.4, 0.5) is 5.69 Å². The lowest BCUT2D eigenvalue weighted by atomic mass is 10.2. The van der Waals surface area contributed by atoms with Gasteiger partial charge in [0.15, 0.2) is 6.29 Å². The molecule has 6 nitrogen and oxygen atoms in total. The van der Waals surface area contributed by atoms with Gasteiger partial charge < -0.3 is 4.74 Å². The van der Waals surface area contributed by atoms with Crippen LogP contribution in [0.1, 0.15) is 15.9 Å². The number of hydrogen-bond donors (Lipinski definition) is 0. The van der Waals surface area contributed by atoms with Crippen LogP contribution >= 0.6 is 15.9 Å². The predicted molar refractivity (Wildman–Crippen MR) is 74.8 cm³/mol. The lowest BCUT2D eigenvalue weighted by molar-refractivity contribution is -0.384. The van der Waals surface area contributed by atoms with Gasteiger partial charge in [0.25, 0.3) is 5.69 Å². The van der Waals surface area contributed by atoms with Crippen molar-refractivity contribution in [3.8, 4) is 5.75 Å². The van der Waals surface area contributed by atoms with Gasteiger partial charge in [0, 0.05) is 34.6 Å². The zero-order valence-electron chi connectivity index (χ0n) is 10.2. The maximum Gasteiger partial charge on any atom is 0.270 e. The Labute approximate surface area is 122 Å². The molecule has 0 fully saturated rings. The number of pyridine rings is 1. The monoisotopic (exact) mass is 336 g/mol. The van der Waals surface area contributed by atoms with Crippen LogP contribution in [0.15, 0.2) is 41.1 Å². The van der Waals surface area contributed by atoms with Crippen LogP contribution in [-0.2, 0) is 6.61 Å². The summed E-state index contributed by atoms with van der Waals surface area (Å²) < 4.78 is 6.31. The summed E-state index contributed by atoms with van der Waals surface area (Å²) in [5, 5.41) is 10.6. The number of benzene rings is 1. The van der Waals surface area contributed by atoms with Crippen molar-refractivity contribution in [1.29, 1.82) is 0 Å². The van der Waals surface area contributed by atoms with Crippen LogP contribution in [0.25, 0.3) is 0 Å². The SMILES string of the molecule is O=Cc1cc([N+](=O)[O-])ccc1OCc1cncc(Br)c1. The fraction of sp³-hybridized carbons (Fsp3) is 0.0769. The lowest BCUT2D eigenvalue weighted by Gasteiger charge is -2.08. The number of carbonyl (C=O) groups is 1. The second kappa shape index (κ2) is 6.25. The molecule has 20 heavy (non-hydrogen) atoms. The third-order valence-electron chi connectivity index (χ3n) is 2.49. The largest absolute Gasteiger partial charge is 0.488 e. The molecule has 0 aliphatic rings. The lowest BCUT2D eigenvalue weighted by Crippen LogP contribution is -2.00. The van der Waals surface area contributed by atoms with E-state index in [2.05, 4.69) is 20.9 Å². The summed E-state index contributed by atoms with van der Waals surface area (Å²) in [4.78, 5) is 25.0. The van der Waals surface area contributed by atoms with E-state index in [0.29, 0.717) is 12.0 Å². The van der Waals surface area contributed by atoms with Crippen molar-refractivity contribution < 1.29 is 14.5 Å². The Bertz CT molecular complexity index is 661. The molecule has 2 rings (SSSR count). The molecule has 0 saturated heterocycles. The van der Waals surface area contributed by atoms with E-state index in [-0.39, 0.29) is 17.9 Å². The third-order valence-corrected chi connectivity index (χ3v) is 2.92. The van der Waals surface area contributed by atoms with E-state index in [0.717, 1.165) is 10.0 Å². The molecule has 0 saturated carbocycles. The minimum Gasteiger partial charge on any atom is -0.488 e. The molecule has 0 radical (unpaired) electrons. The van der Waals surface area contributed by atoms with Crippen LogP contribution in [0.2, 0.25) is 0 Å². The van der Waals surface area contributed by atoms with E-state index in [1.807, 2.05) is 6.07 Å². The molecule has 1 aromatic heterocycles. The zero-order valence-corrected chi connectivity index (χ0v) is 11.7. The van der Waals surface area contributed by atoms with E-state index in [4.69, 9.17) is 4.74 Å². The van der Waals surface area contributed by atoms with Gasteiger partial charge in [-0.1, -0.05) is 0 Å². The van der Waals surface area contributed by atoms with E-state index in [1.54, 1.807) is 12.4 Å². The second-order valence-corrected chi connectivity index (χ2v) is 4.81. The first kappa shape index (κ1) is 14.1. The number of nitro benzene ring substituents is 1. The molecule has 0 atom stereocenters. The van der Waals surface area contributed by atoms with E-state index >= 15 is 0 Å². The first-order valence-corrected chi connectivity index (χ1v) is 6.35. The molecular formula is C13H9BrN2O4. The average molecular weight is 337 g/mol.